The summed E-state index contributed by atoms with van der Waals surface area (Å²) in [5.74, 6) is 0.343. The quantitative estimate of drug-likeness (QED) is 0.416. The molecule has 1 aliphatic carbocycles. The van der Waals surface area contributed by atoms with Crippen LogP contribution in [0.4, 0.5) is 5.82 Å². The number of anilines is 1. The van der Waals surface area contributed by atoms with E-state index >= 15 is 0 Å². The summed E-state index contributed by atoms with van der Waals surface area (Å²) in [6.45, 7) is 9.90. The molecule has 2 aromatic heterocycles. The van der Waals surface area contributed by atoms with Crippen molar-refractivity contribution in [3.05, 3.63) is 46.9 Å². The molecule has 30 heavy (non-hydrogen) atoms. The van der Waals surface area contributed by atoms with E-state index in [9.17, 15) is 9.59 Å². The Bertz CT molecular complexity index is 956. The van der Waals surface area contributed by atoms with E-state index in [1.165, 1.54) is 0 Å². The zero-order valence-electron chi connectivity index (χ0n) is 18.1. The van der Waals surface area contributed by atoms with Gasteiger partial charge in [0.05, 0.1) is 12.0 Å². The number of aromatic amines is 1. The number of rotatable bonds is 7. The second kappa shape index (κ2) is 7.66. The molecular weight excluding hydrogens is 398 g/mol. The minimum absolute atomic E-state index is 0.0199. The van der Waals surface area contributed by atoms with Crippen LogP contribution in [0.2, 0.25) is 25.7 Å². The lowest BCUT2D eigenvalue weighted by molar-refractivity contribution is -0.124. The number of hydrogen-bond donors (Lipinski definition) is 1. The Kier molecular flexibility index (Phi) is 5.31. The van der Waals surface area contributed by atoms with Crippen LogP contribution >= 0.6 is 0 Å². The summed E-state index contributed by atoms with van der Waals surface area (Å²) in [4.78, 5) is 35.0. The smallest absolute Gasteiger partial charge is 0.354 e. The number of nitrogens with zero attached hydrogens (tertiary/aromatic N) is 2. The summed E-state index contributed by atoms with van der Waals surface area (Å²) >= 11 is 0. The lowest BCUT2D eigenvalue weighted by Gasteiger charge is -2.24. The molecule has 1 unspecified atom stereocenters. The molecule has 0 bridgehead atoms. The van der Waals surface area contributed by atoms with E-state index in [0.29, 0.717) is 37.6 Å². The van der Waals surface area contributed by atoms with Crippen LogP contribution in [0.15, 0.2) is 24.4 Å². The summed E-state index contributed by atoms with van der Waals surface area (Å²) in [7, 11) is -1.20. The molecule has 0 radical (unpaired) electrons. The SMILES string of the molecule is CCOC(=O)c1cc2c([nH]1)CC1(C2)C(=O)N(COCC[Si](C)(C)C)c2ncccc21. The van der Waals surface area contributed by atoms with Crippen molar-refractivity contribution in [3.63, 3.8) is 0 Å². The van der Waals surface area contributed by atoms with Crippen molar-refractivity contribution in [2.45, 2.75) is 50.9 Å². The van der Waals surface area contributed by atoms with Crippen LogP contribution < -0.4 is 4.90 Å². The first-order valence-corrected chi connectivity index (χ1v) is 14.2. The molecule has 0 saturated heterocycles. The van der Waals surface area contributed by atoms with Crippen molar-refractivity contribution < 1.29 is 19.1 Å². The molecule has 1 atom stereocenters. The van der Waals surface area contributed by atoms with Crippen LogP contribution in [-0.2, 0) is 32.5 Å². The van der Waals surface area contributed by atoms with E-state index in [2.05, 4.69) is 29.6 Å². The Morgan fingerprint density at radius 3 is 2.83 bits per heavy atom. The van der Waals surface area contributed by atoms with Gasteiger partial charge in [-0.2, -0.15) is 0 Å². The number of nitrogens with one attached hydrogen (secondary N) is 1. The van der Waals surface area contributed by atoms with E-state index in [1.807, 2.05) is 18.2 Å². The number of ether oxygens (including phenoxy) is 2. The molecule has 1 N–H and O–H groups in total. The number of amides is 1. The van der Waals surface area contributed by atoms with E-state index in [-0.39, 0.29) is 18.6 Å². The third-order valence-electron chi connectivity index (χ3n) is 5.89. The molecule has 4 rings (SSSR count). The number of hydrogen-bond acceptors (Lipinski definition) is 5. The average molecular weight is 428 g/mol. The number of pyridine rings is 1. The normalized spacial score (nSPS) is 20.0. The van der Waals surface area contributed by atoms with Gasteiger partial charge in [0.15, 0.2) is 0 Å². The average Bonchev–Trinajstić information content (AvgIpc) is 3.30. The molecule has 3 heterocycles. The molecule has 160 valence electrons. The van der Waals surface area contributed by atoms with Crippen molar-refractivity contribution >= 4 is 25.8 Å². The highest BCUT2D eigenvalue weighted by Crippen LogP contribution is 2.49. The van der Waals surface area contributed by atoms with Crippen LogP contribution in [-0.4, -0.2) is 49.9 Å². The van der Waals surface area contributed by atoms with Gasteiger partial charge in [-0.25, -0.2) is 9.78 Å². The summed E-state index contributed by atoms with van der Waals surface area (Å²) in [6.07, 6.45) is 2.78. The summed E-state index contributed by atoms with van der Waals surface area (Å²) in [6, 6.07) is 6.73. The van der Waals surface area contributed by atoms with Gasteiger partial charge in [-0.15, -0.1) is 0 Å². The molecule has 2 aliphatic rings. The van der Waals surface area contributed by atoms with Crippen LogP contribution in [0.5, 0.6) is 0 Å². The lowest BCUT2D eigenvalue weighted by atomic mass is 9.79. The second-order valence-corrected chi connectivity index (χ2v) is 14.9. The maximum Gasteiger partial charge on any atom is 0.354 e. The number of fused-ring (bicyclic) bond motifs is 3. The number of H-pyrrole nitrogens is 1. The number of esters is 1. The van der Waals surface area contributed by atoms with Crippen LogP contribution in [0.3, 0.4) is 0 Å². The maximum absolute atomic E-state index is 13.6. The van der Waals surface area contributed by atoms with E-state index in [0.717, 1.165) is 22.9 Å². The van der Waals surface area contributed by atoms with Gasteiger partial charge in [0.1, 0.15) is 18.2 Å². The molecule has 8 heteroatoms. The van der Waals surface area contributed by atoms with Gasteiger partial charge < -0.3 is 14.5 Å². The first-order chi connectivity index (χ1) is 14.2. The van der Waals surface area contributed by atoms with E-state index in [4.69, 9.17) is 9.47 Å². The van der Waals surface area contributed by atoms with Gasteiger partial charge >= 0.3 is 5.97 Å². The minimum atomic E-state index is -1.20. The van der Waals surface area contributed by atoms with E-state index in [1.54, 1.807) is 18.0 Å². The fourth-order valence-corrected chi connectivity index (χ4v) is 5.07. The Hall–Kier alpha value is -2.45. The van der Waals surface area contributed by atoms with Gasteiger partial charge in [0, 0.05) is 38.6 Å². The lowest BCUT2D eigenvalue weighted by Crippen LogP contribution is -2.42. The van der Waals surface area contributed by atoms with E-state index < -0.39 is 13.5 Å². The highest BCUT2D eigenvalue weighted by molar-refractivity contribution is 6.76. The topological polar surface area (TPSA) is 84.5 Å². The Morgan fingerprint density at radius 2 is 2.13 bits per heavy atom. The molecule has 0 aromatic carbocycles. The second-order valence-electron chi connectivity index (χ2n) is 9.30. The van der Waals surface area contributed by atoms with Gasteiger partial charge in [-0.3, -0.25) is 9.69 Å². The van der Waals surface area contributed by atoms with Gasteiger partial charge in [-0.05, 0) is 37.1 Å². The highest BCUT2D eigenvalue weighted by atomic mass is 28.3. The third kappa shape index (κ3) is 3.58. The predicted octanol–water partition coefficient (Wildman–Crippen LogP) is 3.28. The fraction of sp³-hybridized carbons (Fsp3) is 0.500. The molecule has 7 nitrogen and oxygen atoms in total. The number of aromatic nitrogens is 2. The summed E-state index contributed by atoms with van der Waals surface area (Å²) in [5, 5.41) is 0. The van der Waals surface area contributed by atoms with Crippen LogP contribution in [0, 0.1) is 0 Å². The zero-order valence-corrected chi connectivity index (χ0v) is 19.1. The summed E-state index contributed by atoms with van der Waals surface area (Å²) < 4.78 is 11.0. The Morgan fingerprint density at radius 1 is 1.33 bits per heavy atom. The molecule has 0 fully saturated rings. The molecule has 2 aromatic rings. The predicted molar refractivity (Wildman–Crippen MR) is 117 cm³/mol. The summed E-state index contributed by atoms with van der Waals surface area (Å²) in [5.41, 5.74) is 2.61. The van der Waals surface area contributed by atoms with Crippen LogP contribution in [0.25, 0.3) is 0 Å². The van der Waals surface area contributed by atoms with Crippen LogP contribution in [0.1, 0.15) is 34.2 Å². The first kappa shape index (κ1) is 20.8. The van der Waals surface area contributed by atoms with Crippen molar-refractivity contribution in [2.24, 2.45) is 0 Å². The minimum Gasteiger partial charge on any atom is -0.461 e. The zero-order chi connectivity index (χ0) is 21.5. The van der Waals surface area contributed by atoms with Crippen molar-refractivity contribution in [1.82, 2.24) is 9.97 Å². The molecule has 1 amide bonds. The highest BCUT2D eigenvalue weighted by Gasteiger charge is 2.55. The number of carbonyl (C=O) groups is 2. The van der Waals surface area contributed by atoms with Crippen molar-refractivity contribution in [3.8, 4) is 0 Å². The van der Waals surface area contributed by atoms with Crippen molar-refractivity contribution in [2.75, 3.05) is 24.8 Å². The van der Waals surface area contributed by atoms with Gasteiger partial charge in [0.2, 0.25) is 5.91 Å². The largest absolute Gasteiger partial charge is 0.461 e. The fourth-order valence-electron chi connectivity index (χ4n) is 4.31. The Labute approximate surface area is 177 Å². The van der Waals surface area contributed by atoms with Gasteiger partial charge in [0.25, 0.3) is 0 Å². The maximum atomic E-state index is 13.6. The Balaban J connectivity index is 1.55. The molecule has 1 spiro atoms. The molecular formula is C22H29N3O4Si. The standard InChI is InChI=1S/C22H29N3O4Si/c1-5-29-20(26)17-11-15-12-22(13-18(15)24-17)16-7-6-8-23-19(16)25(21(22)27)14-28-9-10-30(2,3)4/h6-8,11,24H,5,9-10,12-14H2,1-4H3. The molecule has 0 saturated carbocycles. The first-order valence-electron chi connectivity index (χ1n) is 10.5. The number of carbonyl (C=O) groups excluding carboxylic acids is 2. The van der Waals surface area contributed by atoms with Gasteiger partial charge in [-0.1, -0.05) is 25.7 Å². The van der Waals surface area contributed by atoms with Crippen molar-refractivity contribution in [1.29, 1.82) is 0 Å². The molecule has 1 aliphatic heterocycles. The third-order valence-corrected chi connectivity index (χ3v) is 7.59. The monoisotopic (exact) mass is 427 g/mol.